The first-order valence-electron chi connectivity index (χ1n) is 5.58. The van der Waals surface area contributed by atoms with Crippen LogP contribution in [0.1, 0.15) is 5.56 Å². The molecule has 1 aliphatic heterocycles. The minimum atomic E-state index is -0.373. The number of carbonyl (C=O) groups is 1. The highest BCUT2D eigenvalue weighted by Crippen LogP contribution is 2.31. The van der Waals surface area contributed by atoms with Crippen LogP contribution in [0, 0.1) is 5.92 Å². The normalized spacial score (nSPS) is 15.4. The number of carbonyl (C=O) groups excluding carboxylic acids is 1. The minimum absolute atomic E-state index is 0.254. The van der Waals surface area contributed by atoms with E-state index in [1.807, 2.05) is 18.2 Å². The van der Waals surface area contributed by atoms with Crippen LogP contribution >= 0.6 is 0 Å². The second-order valence-electron chi connectivity index (χ2n) is 4.02. The van der Waals surface area contributed by atoms with Crippen LogP contribution in [0.2, 0.25) is 0 Å². The van der Waals surface area contributed by atoms with Crippen molar-refractivity contribution < 1.29 is 14.3 Å². The van der Waals surface area contributed by atoms with Gasteiger partial charge in [0.1, 0.15) is 13.2 Å². The lowest BCUT2D eigenvalue weighted by molar-refractivity contribution is -0.121. The minimum Gasteiger partial charge on any atom is -0.486 e. The number of fused-ring (bicyclic) bond motifs is 1. The van der Waals surface area contributed by atoms with E-state index < -0.39 is 0 Å². The average molecular weight is 236 g/mol. The van der Waals surface area contributed by atoms with E-state index in [4.69, 9.17) is 20.9 Å². The average Bonchev–Trinajstić information content (AvgIpc) is 2.35. The summed E-state index contributed by atoms with van der Waals surface area (Å²) in [6.07, 6.45) is 0.530. The maximum Gasteiger partial charge on any atom is 0.222 e. The standard InChI is InChI=1S/C12H16N2O3/c13-7-9(12(14)15)5-8-1-2-10-11(6-8)17-4-3-16-10/h1-2,6,9H,3-5,7,13H2,(H2,14,15). The Balaban J connectivity index is 2.14. The fourth-order valence-corrected chi connectivity index (χ4v) is 1.80. The maximum atomic E-state index is 11.1. The topological polar surface area (TPSA) is 87.6 Å². The van der Waals surface area contributed by atoms with Crippen LogP contribution < -0.4 is 20.9 Å². The van der Waals surface area contributed by atoms with E-state index in [1.54, 1.807) is 0 Å². The van der Waals surface area contributed by atoms with Gasteiger partial charge in [0.25, 0.3) is 0 Å². The molecule has 5 heteroatoms. The van der Waals surface area contributed by atoms with E-state index in [0.29, 0.717) is 25.4 Å². The van der Waals surface area contributed by atoms with Crippen LogP contribution in [0.15, 0.2) is 18.2 Å². The molecule has 0 saturated heterocycles. The van der Waals surface area contributed by atoms with Gasteiger partial charge < -0.3 is 20.9 Å². The lowest BCUT2D eigenvalue weighted by Crippen LogP contribution is -2.31. The predicted molar refractivity (Wildman–Crippen MR) is 62.9 cm³/mol. The summed E-state index contributed by atoms with van der Waals surface area (Å²) in [4.78, 5) is 11.1. The van der Waals surface area contributed by atoms with Gasteiger partial charge in [-0.05, 0) is 24.1 Å². The van der Waals surface area contributed by atoms with E-state index in [0.717, 1.165) is 11.3 Å². The molecular weight excluding hydrogens is 220 g/mol. The lowest BCUT2D eigenvalue weighted by Gasteiger charge is -2.19. The summed E-state index contributed by atoms with van der Waals surface area (Å²) in [5.41, 5.74) is 11.7. The summed E-state index contributed by atoms with van der Waals surface area (Å²) in [6, 6.07) is 5.62. The van der Waals surface area contributed by atoms with E-state index >= 15 is 0 Å². The lowest BCUT2D eigenvalue weighted by atomic mass is 9.98. The van der Waals surface area contributed by atoms with Crippen molar-refractivity contribution in [2.45, 2.75) is 6.42 Å². The Morgan fingerprint density at radius 3 is 2.65 bits per heavy atom. The van der Waals surface area contributed by atoms with Gasteiger partial charge in [-0.25, -0.2) is 0 Å². The number of rotatable bonds is 4. The molecule has 0 radical (unpaired) electrons. The summed E-state index contributed by atoms with van der Waals surface area (Å²) in [5.74, 6) is 0.748. The van der Waals surface area contributed by atoms with Gasteiger partial charge in [0.15, 0.2) is 11.5 Å². The maximum absolute atomic E-state index is 11.1. The van der Waals surface area contributed by atoms with E-state index in [9.17, 15) is 4.79 Å². The smallest absolute Gasteiger partial charge is 0.222 e. The molecule has 4 N–H and O–H groups in total. The van der Waals surface area contributed by atoms with Crippen LogP contribution in [-0.2, 0) is 11.2 Å². The molecule has 1 aromatic rings. The highest BCUT2D eigenvalue weighted by atomic mass is 16.6. The highest BCUT2D eigenvalue weighted by molar-refractivity contribution is 5.77. The number of hydrogen-bond donors (Lipinski definition) is 2. The Morgan fingerprint density at radius 1 is 1.29 bits per heavy atom. The van der Waals surface area contributed by atoms with Crippen molar-refractivity contribution in [2.24, 2.45) is 17.4 Å². The van der Waals surface area contributed by atoms with Crippen molar-refractivity contribution in [1.82, 2.24) is 0 Å². The van der Waals surface area contributed by atoms with Crippen molar-refractivity contribution in [1.29, 1.82) is 0 Å². The van der Waals surface area contributed by atoms with Gasteiger partial charge in [0.05, 0.1) is 5.92 Å². The second-order valence-corrected chi connectivity index (χ2v) is 4.02. The third-order valence-corrected chi connectivity index (χ3v) is 2.78. The van der Waals surface area contributed by atoms with Gasteiger partial charge in [-0.15, -0.1) is 0 Å². The molecule has 2 rings (SSSR count). The Kier molecular flexibility index (Phi) is 3.49. The van der Waals surface area contributed by atoms with Crippen LogP contribution in [0.5, 0.6) is 11.5 Å². The van der Waals surface area contributed by atoms with Crippen molar-refractivity contribution in [3.05, 3.63) is 23.8 Å². The molecule has 1 unspecified atom stereocenters. The quantitative estimate of drug-likeness (QED) is 0.773. The molecule has 0 spiro atoms. The number of nitrogens with two attached hydrogens (primary N) is 2. The van der Waals surface area contributed by atoms with Crippen molar-refractivity contribution in [2.75, 3.05) is 19.8 Å². The fraction of sp³-hybridized carbons (Fsp3) is 0.417. The number of hydrogen-bond acceptors (Lipinski definition) is 4. The largest absolute Gasteiger partial charge is 0.486 e. The SMILES string of the molecule is NCC(Cc1ccc2c(c1)OCCO2)C(N)=O. The number of ether oxygens (including phenoxy) is 2. The molecule has 1 amide bonds. The Labute approximate surface area is 99.7 Å². The Hall–Kier alpha value is -1.75. The molecule has 5 nitrogen and oxygen atoms in total. The third-order valence-electron chi connectivity index (χ3n) is 2.78. The second kappa shape index (κ2) is 5.05. The van der Waals surface area contributed by atoms with Crippen molar-refractivity contribution >= 4 is 5.91 Å². The molecule has 1 heterocycles. The van der Waals surface area contributed by atoms with Crippen molar-refractivity contribution in [3.63, 3.8) is 0 Å². The van der Waals surface area contributed by atoms with Crippen LogP contribution in [0.25, 0.3) is 0 Å². The predicted octanol–water partition coefficient (Wildman–Crippen LogP) is 0.0605. The molecule has 0 bridgehead atoms. The van der Waals surface area contributed by atoms with E-state index in [1.165, 1.54) is 0 Å². The molecular formula is C12H16N2O3. The first-order valence-corrected chi connectivity index (χ1v) is 5.58. The number of amides is 1. The van der Waals surface area contributed by atoms with E-state index in [-0.39, 0.29) is 18.4 Å². The molecule has 0 saturated carbocycles. The zero-order valence-corrected chi connectivity index (χ0v) is 9.52. The summed E-state index contributed by atoms with van der Waals surface area (Å²) in [5, 5.41) is 0. The zero-order valence-electron chi connectivity index (χ0n) is 9.52. The third kappa shape index (κ3) is 2.68. The zero-order chi connectivity index (χ0) is 12.3. The van der Waals surface area contributed by atoms with Gasteiger partial charge in [0, 0.05) is 6.54 Å². The molecule has 1 atom stereocenters. The van der Waals surface area contributed by atoms with Crippen LogP contribution in [-0.4, -0.2) is 25.7 Å². The summed E-state index contributed by atoms with van der Waals surface area (Å²) >= 11 is 0. The van der Waals surface area contributed by atoms with Gasteiger partial charge >= 0.3 is 0 Å². The molecule has 0 aromatic heterocycles. The van der Waals surface area contributed by atoms with Gasteiger partial charge in [-0.2, -0.15) is 0 Å². The summed E-state index contributed by atoms with van der Waals surface area (Å²) in [7, 11) is 0. The van der Waals surface area contributed by atoms with Crippen LogP contribution in [0.3, 0.4) is 0 Å². The molecule has 17 heavy (non-hydrogen) atoms. The fourth-order valence-electron chi connectivity index (χ4n) is 1.80. The summed E-state index contributed by atoms with van der Waals surface area (Å²) < 4.78 is 10.9. The molecule has 0 aliphatic carbocycles. The van der Waals surface area contributed by atoms with Gasteiger partial charge in [-0.1, -0.05) is 6.07 Å². The van der Waals surface area contributed by atoms with Crippen molar-refractivity contribution in [3.8, 4) is 11.5 Å². The van der Waals surface area contributed by atoms with Gasteiger partial charge in [-0.3, -0.25) is 4.79 Å². The molecule has 1 aliphatic rings. The number of primary amides is 1. The summed E-state index contributed by atoms with van der Waals surface area (Å²) in [6.45, 7) is 1.37. The first kappa shape index (κ1) is 11.7. The van der Waals surface area contributed by atoms with Crippen LogP contribution in [0.4, 0.5) is 0 Å². The number of benzene rings is 1. The first-order chi connectivity index (χ1) is 8.20. The molecule has 1 aromatic carbocycles. The van der Waals surface area contributed by atoms with E-state index in [2.05, 4.69) is 0 Å². The highest BCUT2D eigenvalue weighted by Gasteiger charge is 2.16. The Bertz CT molecular complexity index is 420. The Morgan fingerprint density at radius 2 is 2.00 bits per heavy atom. The monoisotopic (exact) mass is 236 g/mol. The molecule has 0 fully saturated rings. The molecule has 92 valence electrons. The van der Waals surface area contributed by atoms with Gasteiger partial charge in [0.2, 0.25) is 5.91 Å².